The Morgan fingerprint density at radius 3 is 2.82 bits per heavy atom. The summed E-state index contributed by atoms with van der Waals surface area (Å²) < 4.78 is 20.2. The van der Waals surface area contributed by atoms with Crippen molar-refractivity contribution < 1.29 is 13.9 Å². The van der Waals surface area contributed by atoms with Crippen LogP contribution in [0, 0.1) is 5.82 Å². The number of benzene rings is 1. The summed E-state index contributed by atoms with van der Waals surface area (Å²) in [5.74, 6) is -0.668. The average molecular weight is 368 g/mol. The third-order valence-electron chi connectivity index (χ3n) is 3.53. The van der Waals surface area contributed by atoms with Gasteiger partial charge in [0.15, 0.2) is 0 Å². The van der Waals surface area contributed by atoms with E-state index in [4.69, 9.17) is 4.74 Å². The van der Waals surface area contributed by atoms with Crippen molar-refractivity contribution in [2.24, 2.45) is 4.99 Å². The molecule has 1 saturated heterocycles. The molecule has 0 aliphatic carbocycles. The zero-order chi connectivity index (χ0) is 15.5. The van der Waals surface area contributed by atoms with Crippen LogP contribution >= 0.6 is 15.9 Å². The smallest absolute Gasteiger partial charge is 0.270 e. The number of amides is 1. The maximum absolute atomic E-state index is 14.2. The molecule has 5 nitrogen and oxygen atoms in total. The molecule has 0 aromatic heterocycles. The Balaban J connectivity index is 1.83. The normalized spacial score (nSPS) is 18.0. The van der Waals surface area contributed by atoms with E-state index in [1.54, 1.807) is 12.1 Å². The second-order valence-electron chi connectivity index (χ2n) is 4.98. The second kappa shape index (κ2) is 6.58. The lowest BCUT2D eigenvalue weighted by Gasteiger charge is -2.30. The van der Waals surface area contributed by atoms with E-state index >= 15 is 0 Å². The van der Waals surface area contributed by atoms with Gasteiger partial charge in [0.1, 0.15) is 16.1 Å². The van der Waals surface area contributed by atoms with Crippen molar-refractivity contribution in [3.8, 4) is 0 Å². The van der Waals surface area contributed by atoms with Crippen LogP contribution in [0.15, 0.2) is 33.9 Å². The van der Waals surface area contributed by atoms with Gasteiger partial charge in [-0.25, -0.2) is 9.38 Å². The molecule has 1 N–H and O–H groups in total. The molecule has 2 aliphatic rings. The van der Waals surface area contributed by atoms with Crippen molar-refractivity contribution >= 4 is 38.9 Å². The van der Waals surface area contributed by atoms with Gasteiger partial charge < -0.3 is 15.0 Å². The van der Waals surface area contributed by atoms with E-state index in [-0.39, 0.29) is 11.7 Å². The highest BCUT2D eigenvalue weighted by Gasteiger charge is 2.22. The summed E-state index contributed by atoms with van der Waals surface area (Å²) >= 11 is 3.23. The van der Waals surface area contributed by atoms with E-state index in [1.807, 2.05) is 11.0 Å². The zero-order valence-electron chi connectivity index (χ0n) is 11.8. The average Bonchev–Trinajstić information content (AvgIpc) is 2.95. The Morgan fingerprint density at radius 2 is 2.14 bits per heavy atom. The number of halogens is 2. The van der Waals surface area contributed by atoms with Crippen LogP contribution in [0.3, 0.4) is 0 Å². The van der Waals surface area contributed by atoms with Crippen molar-refractivity contribution in [1.82, 2.24) is 0 Å². The first kappa shape index (κ1) is 15.2. The van der Waals surface area contributed by atoms with Gasteiger partial charge in [0.25, 0.3) is 5.91 Å². The van der Waals surface area contributed by atoms with Crippen molar-refractivity contribution in [3.63, 3.8) is 0 Å². The third kappa shape index (κ3) is 3.20. The topological polar surface area (TPSA) is 53.9 Å². The largest absolute Gasteiger partial charge is 0.378 e. The molecule has 0 atom stereocenters. The summed E-state index contributed by atoms with van der Waals surface area (Å²) in [7, 11) is 0. The number of aliphatic imine (C=N–C) groups is 1. The van der Waals surface area contributed by atoms with E-state index in [2.05, 4.69) is 26.2 Å². The number of hydrogen-bond donors (Lipinski definition) is 1. The van der Waals surface area contributed by atoms with E-state index in [1.165, 1.54) is 6.07 Å². The first-order chi connectivity index (χ1) is 10.6. The molecule has 3 rings (SSSR count). The Morgan fingerprint density at radius 1 is 1.36 bits per heavy atom. The van der Waals surface area contributed by atoms with Gasteiger partial charge in [-0.3, -0.25) is 4.79 Å². The number of nitrogens with zero attached hydrogens (tertiary/aromatic N) is 2. The van der Waals surface area contributed by atoms with Crippen LogP contribution in [-0.4, -0.2) is 37.9 Å². The zero-order valence-corrected chi connectivity index (χ0v) is 13.4. The molecular formula is C15H15BrFN3O2. The van der Waals surface area contributed by atoms with Gasteiger partial charge in [-0.2, -0.15) is 0 Å². The molecule has 2 heterocycles. The summed E-state index contributed by atoms with van der Waals surface area (Å²) in [6, 6.07) is 4.68. The lowest BCUT2D eigenvalue weighted by Crippen LogP contribution is -2.37. The number of nitrogens with one attached hydrogen (secondary N) is 1. The molecule has 22 heavy (non-hydrogen) atoms. The van der Waals surface area contributed by atoms with Crippen LogP contribution in [0.1, 0.15) is 6.42 Å². The van der Waals surface area contributed by atoms with Crippen molar-refractivity contribution in [3.05, 3.63) is 34.7 Å². The van der Waals surface area contributed by atoms with E-state index in [9.17, 15) is 9.18 Å². The number of hydrogen-bond acceptors (Lipinski definition) is 4. The number of carbonyl (C=O) groups excluding carboxylic acids is 1. The van der Waals surface area contributed by atoms with E-state index in [0.29, 0.717) is 54.4 Å². The molecule has 7 heteroatoms. The molecule has 1 aromatic carbocycles. The van der Waals surface area contributed by atoms with Gasteiger partial charge in [0.05, 0.1) is 24.6 Å². The highest BCUT2D eigenvalue weighted by atomic mass is 79.9. The first-order valence-corrected chi connectivity index (χ1v) is 7.80. The summed E-state index contributed by atoms with van der Waals surface area (Å²) in [6.07, 6.45) is 2.28. The van der Waals surface area contributed by atoms with Crippen LogP contribution in [0.25, 0.3) is 0 Å². The molecule has 0 radical (unpaired) electrons. The summed E-state index contributed by atoms with van der Waals surface area (Å²) in [5.41, 5.74) is 1.27. The number of rotatable bonds is 3. The number of carbonyl (C=O) groups is 1. The van der Waals surface area contributed by atoms with E-state index < -0.39 is 0 Å². The monoisotopic (exact) mass is 367 g/mol. The first-order valence-electron chi connectivity index (χ1n) is 7.01. The molecule has 2 aliphatic heterocycles. The predicted octanol–water partition coefficient (Wildman–Crippen LogP) is 2.68. The maximum Gasteiger partial charge on any atom is 0.270 e. The molecule has 1 amide bonds. The molecule has 0 saturated carbocycles. The van der Waals surface area contributed by atoms with Gasteiger partial charge in [-0.1, -0.05) is 6.07 Å². The molecule has 116 valence electrons. The molecule has 1 aromatic rings. The SMILES string of the molecule is O=C(Nc1cccc(F)c1N1CCOCC1)C1=NC(Br)=CC1. The fourth-order valence-electron chi connectivity index (χ4n) is 2.46. The minimum atomic E-state index is -0.354. The highest BCUT2D eigenvalue weighted by Crippen LogP contribution is 2.30. The fourth-order valence-corrected chi connectivity index (χ4v) is 2.84. The van der Waals surface area contributed by atoms with Gasteiger partial charge in [0, 0.05) is 19.5 Å². The molecule has 0 unspecified atom stereocenters. The Bertz CT molecular complexity index is 654. The minimum absolute atomic E-state index is 0.314. The third-order valence-corrected chi connectivity index (χ3v) is 4.03. The number of allylic oxidation sites excluding steroid dienone is 1. The van der Waals surface area contributed by atoms with Crippen LogP contribution in [0.5, 0.6) is 0 Å². The summed E-state index contributed by atoms with van der Waals surface area (Å²) in [5, 5.41) is 2.76. The van der Waals surface area contributed by atoms with Gasteiger partial charge in [-0.15, -0.1) is 0 Å². The number of para-hydroxylation sites is 1. The van der Waals surface area contributed by atoms with Gasteiger partial charge >= 0.3 is 0 Å². The van der Waals surface area contributed by atoms with Crippen LogP contribution in [0.2, 0.25) is 0 Å². The summed E-state index contributed by atoms with van der Waals surface area (Å²) in [6.45, 7) is 2.28. The van der Waals surface area contributed by atoms with Crippen molar-refractivity contribution in [2.75, 3.05) is 36.5 Å². The van der Waals surface area contributed by atoms with Crippen molar-refractivity contribution in [1.29, 1.82) is 0 Å². The van der Waals surface area contributed by atoms with Crippen LogP contribution in [-0.2, 0) is 9.53 Å². The Kier molecular flexibility index (Phi) is 4.54. The van der Waals surface area contributed by atoms with E-state index in [0.717, 1.165) is 0 Å². The van der Waals surface area contributed by atoms with Crippen LogP contribution in [0.4, 0.5) is 15.8 Å². The molecule has 1 fully saturated rings. The Labute approximate surface area is 136 Å². The van der Waals surface area contributed by atoms with Gasteiger partial charge in [-0.05, 0) is 34.1 Å². The molecule has 0 bridgehead atoms. The standard InChI is InChI=1S/C15H15BrFN3O2/c16-13-5-4-12(18-13)15(21)19-11-3-1-2-10(17)14(11)20-6-8-22-9-7-20/h1-3,5H,4,6-9H2,(H,19,21). The fraction of sp³-hybridized carbons (Fsp3) is 0.333. The maximum atomic E-state index is 14.2. The lowest BCUT2D eigenvalue weighted by atomic mass is 10.2. The quantitative estimate of drug-likeness (QED) is 0.835. The predicted molar refractivity (Wildman–Crippen MR) is 87.1 cm³/mol. The van der Waals surface area contributed by atoms with Gasteiger partial charge in [0.2, 0.25) is 0 Å². The minimum Gasteiger partial charge on any atom is -0.378 e. The Hall–Kier alpha value is -1.73. The number of ether oxygens (including phenoxy) is 1. The number of anilines is 2. The lowest BCUT2D eigenvalue weighted by molar-refractivity contribution is -0.110. The highest BCUT2D eigenvalue weighted by molar-refractivity contribution is 9.11. The summed E-state index contributed by atoms with van der Waals surface area (Å²) in [4.78, 5) is 18.2. The number of morpholine rings is 1. The second-order valence-corrected chi connectivity index (χ2v) is 5.79. The molecule has 0 spiro atoms. The van der Waals surface area contributed by atoms with Crippen LogP contribution < -0.4 is 10.2 Å². The molecular weight excluding hydrogens is 353 g/mol. The van der Waals surface area contributed by atoms with Crippen molar-refractivity contribution in [2.45, 2.75) is 6.42 Å².